The lowest BCUT2D eigenvalue weighted by molar-refractivity contribution is 1.36. The molecule has 0 bridgehead atoms. The fraction of sp³-hybridized carbons (Fsp3) is 0.0588. The molecule has 0 saturated carbocycles. The maximum absolute atomic E-state index is 3.31. The monoisotopic (exact) mass is 404 g/mol. The normalized spacial score (nSPS) is 13.8. The fourth-order valence-corrected chi connectivity index (χ4v) is 5.10. The lowest BCUT2D eigenvalue weighted by Crippen LogP contribution is -1.69. The van der Waals surface area contributed by atoms with Gasteiger partial charge in [-0.3, -0.25) is 0 Å². The molecule has 0 aliphatic heterocycles. The van der Waals surface area contributed by atoms with Crippen LogP contribution in [0.5, 0.6) is 0 Å². The Labute approximate surface area is 139 Å². The summed E-state index contributed by atoms with van der Waals surface area (Å²) in [6.07, 6.45) is 7.29. The molecule has 1 aliphatic carbocycles. The van der Waals surface area contributed by atoms with Gasteiger partial charge in [-0.15, -0.1) is 22.7 Å². The fourth-order valence-electron chi connectivity index (χ4n) is 2.34. The minimum atomic E-state index is 0.977. The Bertz CT molecular complexity index is 942. The average molecular weight is 404 g/mol. The average Bonchev–Trinajstić information content (AvgIpc) is 3.13. The highest BCUT2D eigenvalue weighted by Gasteiger charge is 2.07. The van der Waals surface area contributed by atoms with Gasteiger partial charge in [0.05, 0.1) is 7.76 Å². The molecule has 2 heterocycles. The SMILES string of the molecule is Ic1cc2c(ccc3sc(C#CC4=CC=CC4)cc32)s1. The molecule has 20 heavy (non-hydrogen) atoms. The van der Waals surface area contributed by atoms with E-state index in [1.807, 2.05) is 11.3 Å². The van der Waals surface area contributed by atoms with E-state index in [1.54, 1.807) is 11.3 Å². The minimum Gasteiger partial charge on any atom is -0.129 e. The summed E-state index contributed by atoms with van der Waals surface area (Å²) in [5, 5.41) is 2.71. The molecule has 0 saturated heterocycles. The third-order valence-corrected chi connectivity index (χ3v) is 6.16. The van der Waals surface area contributed by atoms with Crippen LogP contribution in [0.25, 0.3) is 20.2 Å². The second-order valence-corrected chi connectivity index (χ2v) is 8.69. The number of halogens is 1. The van der Waals surface area contributed by atoms with Crippen molar-refractivity contribution < 1.29 is 0 Å². The summed E-state index contributed by atoms with van der Waals surface area (Å²) < 4.78 is 4.03. The summed E-state index contributed by atoms with van der Waals surface area (Å²) in [4.78, 5) is 1.15. The van der Waals surface area contributed by atoms with E-state index in [2.05, 4.69) is 76.9 Å². The van der Waals surface area contributed by atoms with Crippen LogP contribution in [0.3, 0.4) is 0 Å². The standard InChI is InChI=1S/C17H9IS2/c18-17-10-14-13-9-12(6-5-11-3-1-2-4-11)19-15(13)7-8-16(14)20-17/h1-3,7-10H,4H2. The predicted molar refractivity (Wildman–Crippen MR) is 98.6 cm³/mol. The number of allylic oxidation sites excluding steroid dienone is 4. The molecule has 4 rings (SSSR count). The number of benzene rings is 1. The van der Waals surface area contributed by atoms with Crippen LogP contribution in [-0.4, -0.2) is 0 Å². The van der Waals surface area contributed by atoms with Gasteiger partial charge < -0.3 is 0 Å². The molecule has 0 nitrogen and oxygen atoms in total. The minimum absolute atomic E-state index is 0.977. The quantitative estimate of drug-likeness (QED) is 0.321. The van der Waals surface area contributed by atoms with E-state index in [-0.39, 0.29) is 0 Å². The molecule has 0 N–H and O–H groups in total. The van der Waals surface area contributed by atoms with Gasteiger partial charge in [0.15, 0.2) is 0 Å². The van der Waals surface area contributed by atoms with E-state index < -0.39 is 0 Å². The van der Waals surface area contributed by atoms with Crippen molar-refractivity contribution in [3.8, 4) is 11.8 Å². The van der Waals surface area contributed by atoms with Gasteiger partial charge in [0, 0.05) is 25.7 Å². The number of thiophene rings is 2. The molecule has 96 valence electrons. The molecule has 1 aliphatic rings. The zero-order chi connectivity index (χ0) is 13.5. The molecule has 0 amide bonds. The molecule has 0 atom stereocenters. The van der Waals surface area contributed by atoms with Gasteiger partial charge in [-0.05, 0) is 53.3 Å². The molecule has 0 radical (unpaired) electrons. The van der Waals surface area contributed by atoms with E-state index in [9.17, 15) is 0 Å². The lowest BCUT2D eigenvalue weighted by Gasteiger charge is -1.90. The van der Waals surface area contributed by atoms with Gasteiger partial charge in [0.1, 0.15) is 0 Å². The van der Waals surface area contributed by atoms with Crippen molar-refractivity contribution in [3.05, 3.63) is 55.8 Å². The first-order chi connectivity index (χ1) is 9.79. The zero-order valence-electron chi connectivity index (χ0n) is 10.4. The number of rotatable bonds is 0. The van der Waals surface area contributed by atoms with Crippen molar-refractivity contribution in [2.75, 3.05) is 0 Å². The van der Waals surface area contributed by atoms with E-state index in [0.717, 1.165) is 11.3 Å². The van der Waals surface area contributed by atoms with Crippen molar-refractivity contribution in [2.45, 2.75) is 6.42 Å². The molecule has 1 aromatic carbocycles. The van der Waals surface area contributed by atoms with Gasteiger partial charge in [0.25, 0.3) is 0 Å². The van der Waals surface area contributed by atoms with Crippen molar-refractivity contribution >= 4 is 65.4 Å². The Hall–Kier alpha value is -1.09. The molecule has 3 heteroatoms. The highest BCUT2D eigenvalue weighted by molar-refractivity contribution is 14.1. The molecule has 0 spiro atoms. The number of fused-ring (bicyclic) bond motifs is 3. The summed E-state index contributed by atoms with van der Waals surface area (Å²) in [5.41, 5.74) is 1.21. The van der Waals surface area contributed by atoms with Crippen molar-refractivity contribution in [1.82, 2.24) is 0 Å². The van der Waals surface area contributed by atoms with Crippen molar-refractivity contribution in [2.24, 2.45) is 0 Å². The van der Waals surface area contributed by atoms with Gasteiger partial charge in [0.2, 0.25) is 0 Å². The Morgan fingerprint density at radius 2 is 1.80 bits per heavy atom. The van der Waals surface area contributed by atoms with Gasteiger partial charge in [-0.2, -0.15) is 0 Å². The van der Waals surface area contributed by atoms with Crippen LogP contribution in [0.4, 0.5) is 0 Å². The van der Waals surface area contributed by atoms with Crippen LogP contribution in [0.2, 0.25) is 0 Å². The van der Waals surface area contributed by atoms with Crippen LogP contribution in [0.15, 0.2) is 48.1 Å². The Morgan fingerprint density at radius 1 is 1.00 bits per heavy atom. The van der Waals surface area contributed by atoms with Gasteiger partial charge >= 0.3 is 0 Å². The Balaban J connectivity index is 1.83. The third kappa shape index (κ3) is 2.22. The third-order valence-electron chi connectivity index (χ3n) is 3.29. The molecular formula is C17H9IS2. The molecule has 0 fully saturated rings. The lowest BCUT2D eigenvalue weighted by atomic mass is 10.2. The second-order valence-electron chi connectivity index (χ2n) is 4.62. The maximum Gasteiger partial charge on any atom is 0.0784 e. The van der Waals surface area contributed by atoms with E-state index in [0.29, 0.717) is 0 Å². The first-order valence-corrected chi connectivity index (χ1v) is 9.00. The highest BCUT2D eigenvalue weighted by atomic mass is 127. The molecular weight excluding hydrogens is 395 g/mol. The van der Waals surface area contributed by atoms with E-state index >= 15 is 0 Å². The summed E-state index contributed by atoms with van der Waals surface area (Å²) >= 11 is 6.03. The molecule has 2 aromatic heterocycles. The van der Waals surface area contributed by atoms with E-state index in [4.69, 9.17) is 0 Å². The van der Waals surface area contributed by atoms with Crippen LogP contribution in [0.1, 0.15) is 11.3 Å². The largest absolute Gasteiger partial charge is 0.129 e. The molecule has 3 aromatic rings. The smallest absolute Gasteiger partial charge is 0.0784 e. The van der Waals surface area contributed by atoms with Crippen LogP contribution in [-0.2, 0) is 0 Å². The first-order valence-electron chi connectivity index (χ1n) is 6.29. The topological polar surface area (TPSA) is 0 Å². The Kier molecular flexibility index (Phi) is 3.18. The summed E-state index contributed by atoms with van der Waals surface area (Å²) in [5.74, 6) is 6.58. The van der Waals surface area contributed by atoms with Gasteiger partial charge in [-0.25, -0.2) is 0 Å². The first kappa shape index (κ1) is 12.6. The summed E-state index contributed by atoms with van der Waals surface area (Å²) in [6.45, 7) is 0. The summed E-state index contributed by atoms with van der Waals surface area (Å²) in [6, 6.07) is 8.95. The summed E-state index contributed by atoms with van der Waals surface area (Å²) in [7, 11) is 0. The Morgan fingerprint density at radius 3 is 2.60 bits per heavy atom. The maximum atomic E-state index is 3.31. The predicted octanol–water partition coefficient (Wildman–Crippen LogP) is 5.96. The van der Waals surface area contributed by atoms with Gasteiger partial charge in [-0.1, -0.05) is 30.1 Å². The highest BCUT2D eigenvalue weighted by Crippen LogP contribution is 2.36. The van der Waals surface area contributed by atoms with Crippen LogP contribution >= 0.6 is 45.3 Å². The number of hydrogen-bond acceptors (Lipinski definition) is 2. The van der Waals surface area contributed by atoms with Crippen molar-refractivity contribution in [3.63, 3.8) is 0 Å². The second kappa shape index (κ2) is 5.03. The zero-order valence-corrected chi connectivity index (χ0v) is 14.2. The van der Waals surface area contributed by atoms with Crippen molar-refractivity contribution in [1.29, 1.82) is 0 Å². The van der Waals surface area contributed by atoms with E-state index in [1.165, 1.54) is 28.6 Å². The van der Waals surface area contributed by atoms with Crippen LogP contribution in [0, 0.1) is 14.7 Å². The molecule has 0 unspecified atom stereocenters. The number of hydrogen-bond donors (Lipinski definition) is 0. The van der Waals surface area contributed by atoms with Crippen LogP contribution < -0.4 is 0 Å².